The van der Waals surface area contributed by atoms with E-state index in [0.29, 0.717) is 11.1 Å². The molecule has 10 rings (SSSR count). The van der Waals surface area contributed by atoms with Crippen molar-refractivity contribution in [1.82, 2.24) is 13.7 Å². The molecule has 0 saturated carbocycles. The summed E-state index contributed by atoms with van der Waals surface area (Å²) in [4.78, 5) is 0. The Morgan fingerprint density at radius 2 is 0.857 bits per heavy atom. The molecule has 7 aromatic carbocycles. The molecule has 5 heteroatoms. The maximum atomic E-state index is 10.5. The minimum Gasteiger partial charge on any atom is -0.309 e. The van der Waals surface area contributed by atoms with Crippen molar-refractivity contribution >= 4 is 65.4 Å². The molecule has 0 spiro atoms. The fourth-order valence-corrected chi connectivity index (χ4v) is 7.99. The quantitative estimate of drug-likeness (QED) is 0.197. The third-order valence-corrected chi connectivity index (χ3v) is 9.89. The van der Waals surface area contributed by atoms with E-state index in [9.17, 15) is 10.5 Å². The first-order valence-electron chi connectivity index (χ1n) is 16.3. The molecule has 0 unspecified atom stereocenters. The Kier molecular flexibility index (Phi) is 5.64. The zero-order valence-electron chi connectivity index (χ0n) is 26.2. The Morgan fingerprint density at radius 3 is 1.55 bits per heavy atom. The second-order valence-electron chi connectivity index (χ2n) is 12.3. The Morgan fingerprint density at radius 1 is 0.347 bits per heavy atom. The fraction of sp³-hybridized carbons (Fsp3) is 0. The van der Waals surface area contributed by atoms with Gasteiger partial charge < -0.3 is 13.7 Å². The summed E-state index contributed by atoms with van der Waals surface area (Å²) in [7, 11) is 0. The van der Waals surface area contributed by atoms with Gasteiger partial charge in [0.25, 0.3) is 0 Å². The second kappa shape index (κ2) is 10.2. The van der Waals surface area contributed by atoms with Gasteiger partial charge >= 0.3 is 0 Å². The molecule has 3 heterocycles. The Balaban J connectivity index is 1.52. The molecule has 0 aliphatic rings. The van der Waals surface area contributed by atoms with E-state index in [1.165, 1.54) is 0 Å². The van der Waals surface area contributed by atoms with E-state index in [1.807, 2.05) is 60.7 Å². The van der Waals surface area contributed by atoms with E-state index in [4.69, 9.17) is 0 Å². The van der Waals surface area contributed by atoms with Crippen molar-refractivity contribution in [2.45, 2.75) is 0 Å². The van der Waals surface area contributed by atoms with Crippen LogP contribution in [0.1, 0.15) is 11.1 Å². The van der Waals surface area contributed by atoms with Crippen LogP contribution in [0.4, 0.5) is 0 Å². The van der Waals surface area contributed by atoms with Crippen molar-refractivity contribution < 1.29 is 0 Å². The lowest BCUT2D eigenvalue weighted by atomic mass is 10.0. The molecule has 0 aliphatic carbocycles. The third kappa shape index (κ3) is 3.62. The summed E-state index contributed by atoms with van der Waals surface area (Å²) in [5.41, 5.74) is 10.3. The summed E-state index contributed by atoms with van der Waals surface area (Å²) >= 11 is 0. The van der Waals surface area contributed by atoms with Gasteiger partial charge in [-0.2, -0.15) is 10.5 Å². The van der Waals surface area contributed by atoms with E-state index in [1.54, 1.807) is 0 Å². The normalized spacial score (nSPS) is 11.6. The second-order valence-corrected chi connectivity index (χ2v) is 12.3. The molecule has 0 saturated heterocycles. The van der Waals surface area contributed by atoms with Crippen LogP contribution in [0.25, 0.3) is 82.5 Å². The van der Waals surface area contributed by atoms with Gasteiger partial charge in [-0.3, -0.25) is 0 Å². The largest absolute Gasteiger partial charge is 0.309 e. The van der Waals surface area contributed by atoms with Crippen LogP contribution in [-0.2, 0) is 0 Å². The average Bonchev–Trinajstić information content (AvgIpc) is 3.81. The van der Waals surface area contributed by atoms with Crippen molar-refractivity contribution in [1.29, 1.82) is 10.5 Å². The SMILES string of the molecule is N#Cc1ccccc1-n1c2c(ccc3c2c2ccccc2n3-c2ccccc2)c2ccc3c(c4c(C#N)cccc4n3-c3ccccc3)c21. The number of nitrogens with zero attached hydrogens (tertiary/aromatic N) is 5. The number of hydrogen-bond donors (Lipinski definition) is 0. The molecule has 49 heavy (non-hydrogen) atoms. The van der Waals surface area contributed by atoms with E-state index >= 15 is 0 Å². The minimum absolute atomic E-state index is 0.578. The fourth-order valence-electron chi connectivity index (χ4n) is 7.99. The van der Waals surface area contributed by atoms with E-state index < -0.39 is 0 Å². The molecule has 0 atom stereocenters. The summed E-state index contributed by atoms with van der Waals surface area (Å²) in [6, 6.07) is 56.9. The lowest BCUT2D eigenvalue weighted by molar-refractivity contribution is 1.17. The van der Waals surface area contributed by atoms with Crippen LogP contribution in [-0.4, -0.2) is 13.7 Å². The number of nitriles is 2. The van der Waals surface area contributed by atoms with Gasteiger partial charge in [-0.05, 0) is 66.7 Å². The van der Waals surface area contributed by atoms with Crippen LogP contribution >= 0.6 is 0 Å². The maximum absolute atomic E-state index is 10.5. The molecule has 0 amide bonds. The van der Waals surface area contributed by atoms with Gasteiger partial charge in [0.1, 0.15) is 6.07 Å². The van der Waals surface area contributed by atoms with E-state index in [0.717, 1.165) is 82.5 Å². The van der Waals surface area contributed by atoms with Gasteiger partial charge in [0.2, 0.25) is 0 Å². The highest BCUT2D eigenvalue weighted by Gasteiger charge is 2.26. The molecule has 0 radical (unpaired) electrons. The molecule has 5 nitrogen and oxygen atoms in total. The molecule has 10 aromatic rings. The van der Waals surface area contributed by atoms with Gasteiger partial charge in [-0.25, -0.2) is 0 Å². The number of fused-ring (bicyclic) bond motifs is 11. The van der Waals surface area contributed by atoms with Gasteiger partial charge in [-0.15, -0.1) is 0 Å². The summed E-state index contributed by atoms with van der Waals surface area (Å²) in [5, 5.41) is 27.3. The molecule has 3 aromatic heterocycles. The van der Waals surface area contributed by atoms with Crippen LogP contribution in [0.2, 0.25) is 0 Å². The molecule has 0 N–H and O–H groups in total. The maximum Gasteiger partial charge on any atom is 0.101 e. The predicted molar refractivity (Wildman–Crippen MR) is 199 cm³/mol. The summed E-state index contributed by atoms with van der Waals surface area (Å²) < 4.78 is 6.87. The zero-order chi connectivity index (χ0) is 32.6. The zero-order valence-corrected chi connectivity index (χ0v) is 26.2. The van der Waals surface area contributed by atoms with Gasteiger partial charge in [0.05, 0.1) is 56.0 Å². The first kappa shape index (κ1) is 27.1. The molecule has 0 aliphatic heterocycles. The first-order chi connectivity index (χ1) is 24.3. The monoisotopic (exact) mass is 623 g/mol. The van der Waals surface area contributed by atoms with Gasteiger partial charge in [-0.1, -0.05) is 84.9 Å². The number of para-hydroxylation sites is 4. The Hall–Kier alpha value is -7.08. The Bertz CT molecular complexity index is 3050. The highest BCUT2D eigenvalue weighted by atomic mass is 15.0. The van der Waals surface area contributed by atoms with Crippen molar-refractivity contribution in [3.8, 4) is 29.2 Å². The number of aromatic nitrogens is 3. The Labute approximate surface area is 280 Å². The van der Waals surface area contributed by atoms with E-state index in [-0.39, 0.29) is 0 Å². The summed E-state index contributed by atoms with van der Waals surface area (Å²) in [6.07, 6.45) is 0. The van der Waals surface area contributed by atoms with Crippen molar-refractivity contribution in [3.05, 3.63) is 163 Å². The average molecular weight is 624 g/mol. The smallest absolute Gasteiger partial charge is 0.101 e. The predicted octanol–water partition coefficient (Wildman–Crippen LogP) is 10.7. The number of rotatable bonds is 3. The highest BCUT2D eigenvalue weighted by Crippen LogP contribution is 2.46. The molecule has 0 bridgehead atoms. The minimum atomic E-state index is 0.578. The lowest BCUT2D eigenvalue weighted by Gasteiger charge is -2.12. The van der Waals surface area contributed by atoms with Crippen LogP contribution in [0, 0.1) is 22.7 Å². The highest BCUT2D eigenvalue weighted by molar-refractivity contribution is 6.32. The standard InChI is InChI=1S/C44H25N5/c45-26-28-12-7-9-19-35(28)49-43-32(22-24-38-41(43)34-18-8-10-20-36(34)47(38)30-14-3-1-4-15-30)33-23-25-39-42(44(33)49)40-29(27-46)13-11-21-37(40)48(39)31-16-5-2-6-17-31/h1-25H. The third-order valence-electron chi connectivity index (χ3n) is 9.89. The summed E-state index contributed by atoms with van der Waals surface area (Å²) in [5.74, 6) is 0. The van der Waals surface area contributed by atoms with Crippen LogP contribution in [0.15, 0.2) is 152 Å². The van der Waals surface area contributed by atoms with Crippen LogP contribution in [0.3, 0.4) is 0 Å². The van der Waals surface area contributed by atoms with Crippen LogP contribution in [0.5, 0.6) is 0 Å². The van der Waals surface area contributed by atoms with Crippen molar-refractivity contribution in [2.24, 2.45) is 0 Å². The molecule has 0 fully saturated rings. The number of benzene rings is 7. The topological polar surface area (TPSA) is 62.4 Å². The van der Waals surface area contributed by atoms with Gasteiger partial charge in [0, 0.05) is 43.7 Å². The van der Waals surface area contributed by atoms with E-state index in [2.05, 4.69) is 117 Å². The van der Waals surface area contributed by atoms with Crippen molar-refractivity contribution in [3.63, 3.8) is 0 Å². The molecular weight excluding hydrogens is 599 g/mol. The van der Waals surface area contributed by atoms with Crippen molar-refractivity contribution in [2.75, 3.05) is 0 Å². The van der Waals surface area contributed by atoms with Gasteiger partial charge in [0.15, 0.2) is 0 Å². The van der Waals surface area contributed by atoms with Crippen LogP contribution < -0.4 is 0 Å². The molecular formula is C44H25N5. The molecule has 226 valence electrons. The summed E-state index contributed by atoms with van der Waals surface area (Å²) in [6.45, 7) is 0. The number of hydrogen-bond acceptors (Lipinski definition) is 2. The lowest BCUT2D eigenvalue weighted by Crippen LogP contribution is -1.98. The first-order valence-corrected chi connectivity index (χ1v) is 16.3.